The van der Waals surface area contributed by atoms with Gasteiger partial charge in [-0.25, -0.2) is 0 Å². The van der Waals surface area contributed by atoms with Crippen LogP contribution in [-0.4, -0.2) is 20.3 Å². The lowest BCUT2D eigenvalue weighted by Crippen LogP contribution is -2.10. The number of halogens is 1. The second-order valence-electron chi connectivity index (χ2n) is 6.18. The van der Waals surface area contributed by atoms with Crippen molar-refractivity contribution in [3.05, 3.63) is 52.0 Å². The number of benzene rings is 2. The van der Waals surface area contributed by atoms with Gasteiger partial charge in [-0.15, -0.1) is 0 Å². The second-order valence-corrected chi connectivity index (χ2v) is 6.59. The van der Waals surface area contributed by atoms with Gasteiger partial charge in [-0.3, -0.25) is 0 Å². The van der Waals surface area contributed by atoms with E-state index < -0.39 is 0 Å². The van der Waals surface area contributed by atoms with Crippen LogP contribution >= 0.6 is 11.6 Å². The van der Waals surface area contributed by atoms with Crippen molar-refractivity contribution in [1.82, 2.24) is 0 Å². The van der Waals surface area contributed by atoms with Gasteiger partial charge in [-0.05, 0) is 53.8 Å². The summed E-state index contributed by atoms with van der Waals surface area (Å²) >= 11 is 6.25. The third-order valence-corrected chi connectivity index (χ3v) is 4.27. The van der Waals surface area contributed by atoms with Crippen molar-refractivity contribution >= 4 is 11.6 Å². The van der Waals surface area contributed by atoms with E-state index in [1.54, 1.807) is 13.2 Å². The highest BCUT2D eigenvalue weighted by Gasteiger charge is 2.12. The largest absolute Gasteiger partial charge is 0.493 e. The monoisotopic (exact) mass is 363 g/mol. The zero-order chi connectivity index (χ0) is 18.4. The van der Waals surface area contributed by atoms with Gasteiger partial charge in [0, 0.05) is 6.54 Å². The van der Waals surface area contributed by atoms with Gasteiger partial charge in [-0.1, -0.05) is 31.5 Å². The molecule has 2 aromatic rings. The smallest absolute Gasteiger partial charge is 0.179 e. The highest BCUT2D eigenvalue weighted by Crippen LogP contribution is 2.36. The summed E-state index contributed by atoms with van der Waals surface area (Å²) in [5.74, 6) is 2.42. The molecule has 0 fully saturated rings. The summed E-state index contributed by atoms with van der Waals surface area (Å²) in [6, 6.07) is 9.77. The van der Waals surface area contributed by atoms with Crippen molar-refractivity contribution < 1.29 is 14.2 Å². The first-order valence-electron chi connectivity index (χ1n) is 8.38. The van der Waals surface area contributed by atoms with Gasteiger partial charge in [0.25, 0.3) is 0 Å². The SMILES string of the molecule is COc1cc(CN)cc(Cl)c1OCCOc1ccc(C(C)C)c(C)c1. The normalized spacial score (nSPS) is 10.8. The number of nitrogens with two attached hydrogens (primary N) is 1. The van der Waals surface area contributed by atoms with Crippen LogP contribution in [0.2, 0.25) is 5.02 Å². The number of hydrogen-bond donors (Lipinski definition) is 1. The summed E-state index contributed by atoms with van der Waals surface area (Å²) in [6.45, 7) is 7.64. The first-order valence-corrected chi connectivity index (χ1v) is 8.76. The first kappa shape index (κ1) is 19.4. The highest BCUT2D eigenvalue weighted by atomic mass is 35.5. The predicted octanol–water partition coefficient (Wildman–Crippen LogP) is 4.70. The molecule has 0 saturated heterocycles. The maximum atomic E-state index is 6.25. The number of hydrogen-bond acceptors (Lipinski definition) is 4. The van der Waals surface area contributed by atoms with Crippen LogP contribution in [0.4, 0.5) is 0 Å². The molecule has 25 heavy (non-hydrogen) atoms. The third-order valence-electron chi connectivity index (χ3n) is 3.99. The Balaban J connectivity index is 1.94. The Morgan fingerprint density at radius 1 is 1.08 bits per heavy atom. The van der Waals surface area contributed by atoms with Crippen LogP contribution in [0.1, 0.15) is 36.5 Å². The molecule has 0 bridgehead atoms. The standard InChI is InChI=1S/C20H26ClNO3/c1-13(2)17-6-5-16(9-14(17)3)24-7-8-25-20-18(21)10-15(12-22)11-19(20)23-4/h5-6,9-11,13H,7-8,12,22H2,1-4H3. The van der Waals surface area contributed by atoms with Crippen LogP contribution in [0.15, 0.2) is 30.3 Å². The van der Waals surface area contributed by atoms with Gasteiger partial charge < -0.3 is 19.9 Å². The number of rotatable bonds is 8. The minimum absolute atomic E-state index is 0.364. The zero-order valence-corrected chi connectivity index (χ0v) is 16.0. The van der Waals surface area contributed by atoms with Crippen molar-refractivity contribution in [2.45, 2.75) is 33.2 Å². The lowest BCUT2D eigenvalue weighted by molar-refractivity contribution is 0.211. The van der Waals surface area contributed by atoms with Crippen LogP contribution in [0.3, 0.4) is 0 Å². The van der Waals surface area contributed by atoms with Crippen LogP contribution in [-0.2, 0) is 6.54 Å². The fraction of sp³-hybridized carbons (Fsp3) is 0.400. The predicted molar refractivity (Wildman–Crippen MR) is 102 cm³/mol. The second kappa shape index (κ2) is 8.97. The van der Waals surface area contributed by atoms with Crippen molar-refractivity contribution in [3.8, 4) is 17.2 Å². The summed E-state index contributed by atoms with van der Waals surface area (Å²) in [7, 11) is 1.58. The fourth-order valence-corrected chi connectivity index (χ4v) is 3.01. The molecular weight excluding hydrogens is 338 g/mol. The molecule has 2 aromatic carbocycles. The zero-order valence-electron chi connectivity index (χ0n) is 15.3. The highest BCUT2D eigenvalue weighted by molar-refractivity contribution is 6.32. The molecule has 4 nitrogen and oxygen atoms in total. The minimum atomic E-state index is 0.364. The fourth-order valence-electron chi connectivity index (χ4n) is 2.72. The Morgan fingerprint density at radius 2 is 1.80 bits per heavy atom. The molecule has 0 radical (unpaired) electrons. The molecule has 0 unspecified atom stereocenters. The van der Waals surface area contributed by atoms with E-state index in [2.05, 4.69) is 32.9 Å². The molecule has 0 atom stereocenters. The van der Waals surface area contributed by atoms with Crippen LogP contribution < -0.4 is 19.9 Å². The summed E-state index contributed by atoms with van der Waals surface area (Å²) in [4.78, 5) is 0. The molecule has 2 N–H and O–H groups in total. The van der Waals surface area contributed by atoms with Crippen molar-refractivity contribution in [1.29, 1.82) is 0 Å². The molecule has 0 aromatic heterocycles. The Bertz CT molecular complexity index is 716. The van der Waals surface area contributed by atoms with Gasteiger partial charge in [0.15, 0.2) is 11.5 Å². The summed E-state index contributed by atoms with van der Waals surface area (Å²) < 4.78 is 16.9. The van der Waals surface area contributed by atoms with Crippen molar-refractivity contribution in [2.75, 3.05) is 20.3 Å². The van der Waals surface area contributed by atoms with Crippen LogP contribution in [0, 0.1) is 6.92 Å². The molecule has 0 aliphatic carbocycles. The summed E-state index contributed by atoms with van der Waals surface area (Å²) in [5, 5.41) is 0.483. The molecule has 136 valence electrons. The van der Waals surface area contributed by atoms with E-state index in [0.717, 1.165) is 11.3 Å². The van der Waals surface area contributed by atoms with E-state index in [-0.39, 0.29) is 0 Å². The van der Waals surface area contributed by atoms with Crippen molar-refractivity contribution in [3.63, 3.8) is 0 Å². The Morgan fingerprint density at radius 3 is 2.40 bits per heavy atom. The third kappa shape index (κ3) is 5.03. The average Bonchev–Trinajstić information content (AvgIpc) is 2.58. The maximum absolute atomic E-state index is 6.25. The number of aryl methyl sites for hydroxylation is 1. The molecular formula is C20H26ClNO3. The van der Waals surface area contributed by atoms with Gasteiger partial charge in [0.05, 0.1) is 12.1 Å². The maximum Gasteiger partial charge on any atom is 0.179 e. The van der Waals surface area contributed by atoms with E-state index in [0.29, 0.717) is 42.2 Å². The van der Waals surface area contributed by atoms with Crippen LogP contribution in [0.5, 0.6) is 17.2 Å². The minimum Gasteiger partial charge on any atom is -0.493 e. The van der Waals surface area contributed by atoms with E-state index >= 15 is 0 Å². The van der Waals surface area contributed by atoms with E-state index in [9.17, 15) is 0 Å². The van der Waals surface area contributed by atoms with Gasteiger partial charge in [0.1, 0.15) is 19.0 Å². The Labute approximate surface area is 154 Å². The lowest BCUT2D eigenvalue weighted by atomic mass is 9.98. The quantitative estimate of drug-likeness (QED) is 0.691. The number of methoxy groups -OCH3 is 1. The molecule has 0 spiro atoms. The molecule has 0 aliphatic rings. The Hall–Kier alpha value is -1.91. The van der Waals surface area contributed by atoms with Crippen LogP contribution in [0.25, 0.3) is 0 Å². The number of ether oxygens (including phenoxy) is 3. The summed E-state index contributed by atoms with van der Waals surface area (Å²) in [6.07, 6.45) is 0. The van der Waals surface area contributed by atoms with Gasteiger partial charge in [0.2, 0.25) is 0 Å². The lowest BCUT2D eigenvalue weighted by Gasteiger charge is -2.15. The molecule has 2 rings (SSSR count). The molecule has 0 aliphatic heterocycles. The van der Waals surface area contributed by atoms with Crippen molar-refractivity contribution in [2.24, 2.45) is 5.73 Å². The van der Waals surface area contributed by atoms with Gasteiger partial charge in [-0.2, -0.15) is 0 Å². The summed E-state index contributed by atoms with van der Waals surface area (Å²) in [5.41, 5.74) is 9.10. The van der Waals surface area contributed by atoms with E-state index in [4.69, 9.17) is 31.5 Å². The molecule has 5 heteroatoms. The molecule has 0 amide bonds. The Kier molecular flexibility index (Phi) is 6.97. The topological polar surface area (TPSA) is 53.7 Å². The molecule has 0 heterocycles. The molecule has 0 saturated carbocycles. The average molecular weight is 364 g/mol. The van der Waals surface area contributed by atoms with E-state index in [1.807, 2.05) is 12.1 Å². The van der Waals surface area contributed by atoms with Gasteiger partial charge >= 0.3 is 0 Å². The first-order chi connectivity index (χ1) is 12.0. The van der Waals surface area contributed by atoms with E-state index in [1.165, 1.54) is 11.1 Å².